The van der Waals surface area contributed by atoms with Crippen molar-refractivity contribution in [3.63, 3.8) is 0 Å². The molecule has 0 radical (unpaired) electrons. The van der Waals surface area contributed by atoms with E-state index in [1.54, 1.807) is 0 Å². The van der Waals surface area contributed by atoms with Crippen LogP contribution < -0.4 is 4.90 Å². The van der Waals surface area contributed by atoms with Crippen LogP contribution >= 0.6 is 0 Å². The second-order valence-corrected chi connectivity index (χ2v) is 6.93. The van der Waals surface area contributed by atoms with E-state index in [0.29, 0.717) is 26.1 Å². The number of nitrogens with zero attached hydrogens (tertiary/aromatic N) is 2. The number of aliphatic hydroxyl groups excluding tert-OH is 2. The Morgan fingerprint density at radius 3 is 2.25 bits per heavy atom. The van der Waals surface area contributed by atoms with E-state index in [4.69, 9.17) is 4.74 Å². The first-order chi connectivity index (χ1) is 11.5. The fourth-order valence-corrected chi connectivity index (χ4v) is 3.35. The summed E-state index contributed by atoms with van der Waals surface area (Å²) >= 11 is 0. The lowest BCUT2D eigenvalue weighted by molar-refractivity contribution is -0.0759. The van der Waals surface area contributed by atoms with Gasteiger partial charge in [0.1, 0.15) is 0 Å². The highest BCUT2D eigenvalue weighted by Crippen LogP contribution is 2.16. The van der Waals surface area contributed by atoms with Crippen molar-refractivity contribution in [2.45, 2.75) is 51.6 Å². The van der Waals surface area contributed by atoms with Crippen LogP contribution in [0.15, 0.2) is 30.3 Å². The van der Waals surface area contributed by atoms with Crippen LogP contribution in [0, 0.1) is 0 Å². The van der Waals surface area contributed by atoms with Gasteiger partial charge in [-0.05, 0) is 32.4 Å². The minimum Gasteiger partial charge on any atom is -0.391 e. The van der Waals surface area contributed by atoms with Crippen LogP contribution in [-0.2, 0) is 4.74 Å². The predicted octanol–water partition coefficient (Wildman–Crippen LogP) is 1.73. The first kappa shape index (κ1) is 19.2. The Morgan fingerprint density at radius 2 is 1.67 bits per heavy atom. The molecule has 1 saturated heterocycles. The molecule has 1 aromatic rings. The fourth-order valence-electron chi connectivity index (χ4n) is 3.35. The zero-order valence-corrected chi connectivity index (χ0v) is 15.1. The summed E-state index contributed by atoms with van der Waals surface area (Å²) in [6, 6.07) is 9.99. The van der Waals surface area contributed by atoms with Crippen molar-refractivity contribution >= 4 is 5.69 Å². The Kier molecular flexibility index (Phi) is 7.49. The van der Waals surface area contributed by atoms with Crippen LogP contribution in [0.5, 0.6) is 0 Å². The Bertz CT molecular complexity index is 461. The van der Waals surface area contributed by atoms with Crippen molar-refractivity contribution in [1.82, 2.24) is 4.90 Å². The van der Waals surface area contributed by atoms with Gasteiger partial charge in [-0.3, -0.25) is 4.90 Å². The Hall–Kier alpha value is -1.14. The molecule has 0 saturated carbocycles. The lowest BCUT2D eigenvalue weighted by Gasteiger charge is -2.37. The summed E-state index contributed by atoms with van der Waals surface area (Å²) in [4.78, 5) is 4.34. The third-order valence-corrected chi connectivity index (χ3v) is 4.42. The van der Waals surface area contributed by atoms with Gasteiger partial charge >= 0.3 is 0 Å². The van der Waals surface area contributed by atoms with Gasteiger partial charge in [0.2, 0.25) is 0 Å². The lowest BCUT2D eigenvalue weighted by Crippen LogP contribution is -2.50. The SMILES string of the molecule is CCC(O)CN(CC(O)CN1CC(C)OC(C)C1)c1ccccc1. The van der Waals surface area contributed by atoms with Gasteiger partial charge in [-0.25, -0.2) is 0 Å². The normalized spacial score (nSPS) is 24.5. The van der Waals surface area contributed by atoms with E-state index >= 15 is 0 Å². The number of para-hydroxylation sites is 1. The average molecular weight is 336 g/mol. The second kappa shape index (κ2) is 9.37. The quantitative estimate of drug-likeness (QED) is 0.757. The third-order valence-electron chi connectivity index (χ3n) is 4.42. The van der Waals surface area contributed by atoms with Gasteiger partial charge in [-0.15, -0.1) is 0 Å². The van der Waals surface area contributed by atoms with Crippen LogP contribution in [0.25, 0.3) is 0 Å². The number of hydrogen-bond acceptors (Lipinski definition) is 5. The molecule has 0 amide bonds. The summed E-state index contributed by atoms with van der Waals surface area (Å²) in [7, 11) is 0. The minimum atomic E-state index is -0.466. The first-order valence-electron chi connectivity index (χ1n) is 9.01. The molecule has 5 heteroatoms. The number of anilines is 1. The molecule has 24 heavy (non-hydrogen) atoms. The Labute approximate surface area is 145 Å². The van der Waals surface area contributed by atoms with Crippen LogP contribution in [-0.4, -0.2) is 72.3 Å². The molecule has 2 N–H and O–H groups in total. The molecule has 1 aliphatic rings. The summed E-state index contributed by atoms with van der Waals surface area (Å²) in [6.45, 7) is 9.50. The highest BCUT2D eigenvalue weighted by atomic mass is 16.5. The van der Waals surface area contributed by atoms with Gasteiger partial charge in [0.05, 0.1) is 24.4 Å². The maximum atomic E-state index is 10.6. The molecule has 1 fully saturated rings. The molecule has 0 aliphatic carbocycles. The molecule has 2 rings (SSSR count). The second-order valence-electron chi connectivity index (χ2n) is 6.93. The molecule has 0 bridgehead atoms. The van der Waals surface area contributed by atoms with Crippen LogP contribution in [0.4, 0.5) is 5.69 Å². The molecule has 5 nitrogen and oxygen atoms in total. The molecular weight excluding hydrogens is 304 g/mol. The average Bonchev–Trinajstić information content (AvgIpc) is 2.53. The molecular formula is C19H32N2O3. The molecule has 1 heterocycles. The van der Waals surface area contributed by atoms with E-state index in [1.165, 1.54) is 0 Å². The van der Waals surface area contributed by atoms with Crippen LogP contribution in [0.3, 0.4) is 0 Å². The predicted molar refractivity (Wildman–Crippen MR) is 97.4 cm³/mol. The summed E-state index contributed by atoms with van der Waals surface area (Å²) < 4.78 is 5.75. The molecule has 0 spiro atoms. The van der Waals surface area contributed by atoms with Crippen molar-refractivity contribution < 1.29 is 14.9 Å². The lowest BCUT2D eigenvalue weighted by atomic mass is 10.1. The Balaban J connectivity index is 1.95. The zero-order chi connectivity index (χ0) is 17.5. The van der Waals surface area contributed by atoms with Crippen molar-refractivity contribution in [2.75, 3.05) is 37.6 Å². The smallest absolute Gasteiger partial charge is 0.0841 e. The van der Waals surface area contributed by atoms with E-state index in [0.717, 1.165) is 18.8 Å². The van der Waals surface area contributed by atoms with Gasteiger partial charge in [-0.1, -0.05) is 25.1 Å². The number of hydrogen-bond donors (Lipinski definition) is 2. The fraction of sp³-hybridized carbons (Fsp3) is 0.684. The van der Waals surface area contributed by atoms with Crippen molar-refractivity contribution in [2.24, 2.45) is 0 Å². The van der Waals surface area contributed by atoms with E-state index < -0.39 is 6.10 Å². The number of rotatable bonds is 8. The van der Waals surface area contributed by atoms with Crippen molar-refractivity contribution in [3.8, 4) is 0 Å². The number of morpholine rings is 1. The highest BCUT2D eigenvalue weighted by Gasteiger charge is 2.25. The van der Waals surface area contributed by atoms with Crippen molar-refractivity contribution in [1.29, 1.82) is 0 Å². The van der Waals surface area contributed by atoms with E-state index in [9.17, 15) is 10.2 Å². The van der Waals surface area contributed by atoms with Gasteiger partial charge in [-0.2, -0.15) is 0 Å². The molecule has 1 aromatic carbocycles. The van der Waals surface area contributed by atoms with E-state index in [1.807, 2.05) is 37.3 Å². The minimum absolute atomic E-state index is 0.202. The number of ether oxygens (including phenoxy) is 1. The first-order valence-corrected chi connectivity index (χ1v) is 9.01. The summed E-state index contributed by atoms with van der Waals surface area (Å²) in [5.41, 5.74) is 1.03. The third kappa shape index (κ3) is 6.06. The molecule has 4 atom stereocenters. The van der Waals surface area contributed by atoms with Gasteiger partial charge < -0.3 is 19.8 Å². The van der Waals surface area contributed by atoms with Crippen LogP contribution in [0.1, 0.15) is 27.2 Å². The molecule has 0 aromatic heterocycles. The molecule has 4 unspecified atom stereocenters. The maximum Gasteiger partial charge on any atom is 0.0841 e. The monoisotopic (exact) mass is 336 g/mol. The standard InChI is InChI=1S/C19H32N2O3/c1-4-18(22)13-21(17-8-6-5-7-9-17)14-19(23)12-20-10-15(2)24-16(3)11-20/h5-9,15-16,18-19,22-23H,4,10-14H2,1-3H3. The highest BCUT2D eigenvalue weighted by molar-refractivity contribution is 5.46. The zero-order valence-electron chi connectivity index (χ0n) is 15.1. The van der Waals surface area contributed by atoms with Crippen LogP contribution in [0.2, 0.25) is 0 Å². The van der Waals surface area contributed by atoms with Crippen molar-refractivity contribution in [3.05, 3.63) is 30.3 Å². The number of benzene rings is 1. The maximum absolute atomic E-state index is 10.6. The molecule has 1 aliphatic heterocycles. The van der Waals surface area contributed by atoms with Gasteiger partial charge in [0, 0.05) is 38.4 Å². The number of aliphatic hydroxyl groups is 2. The largest absolute Gasteiger partial charge is 0.391 e. The topological polar surface area (TPSA) is 56.2 Å². The van der Waals surface area contributed by atoms with Gasteiger partial charge in [0.25, 0.3) is 0 Å². The number of β-amino-alcohol motifs (C(OH)–C–C–N with tert-alkyl or cyclic N) is 1. The molecule has 136 valence electrons. The summed E-state index contributed by atoms with van der Waals surface area (Å²) in [6.07, 6.45) is 0.256. The Morgan fingerprint density at radius 1 is 1.08 bits per heavy atom. The van der Waals surface area contributed by atoms with Gasteiger partial charge in [0.15, 0.2) is 0 Å². The summed E-state index contributed by atoms with van der Waals surface area (Å²) in [5.74, 6) is 0. The van der Waals surface area contributed by atoms with E-state index in [-0.39, 0.29) is 18.3 Å². The summed E-state index contributed by atoms with van der Waals surface area (Å²) in [5, 5.41) is 20.6. The van der Waals surface area contributed by atoms with E-state index in [2.05, 4.69) is 23.6 Å².